The van der Waals surface area contributed by atoms with Crippen LogP contribution in [0.1, 0.15) is 40.0 Å². The van der Waals surface area contributed by atoms with Crippen molar-refractivity contribution in [3.8, 4) is 0 Å². The molecule has 0 aromatic heterocycles. The zero-order valence-corrected chi connectivity index (χ0v) is 11.2. The molecule has 1 aliphatic carbocycles. The number of allylic oxidation sites excluding steroid dienone is 3. The first kappa shape index (κ1) is 14.2. The van der Waals surface area contributed by atoms with Crippen LogP contribution in [0.4, 0.5) is 0 Å². The number of aliphatic hydroxyl groups is 1. The molecule has 0 aliphatic heterocycles. The highest BCUT2D eigenvalue weighted by atomic mass is 16.3. The van der Waals surface area contributed by atoms with Crippen molar-refractivity contribution in [1.29, 1.82) is 0 Å². The Kier molecular flexibility index (Phi) is 5.13. The monoisotopic (exact) mass is 236 g/mol. The first-order valence-corrected chi connectivity index (χ1v) is 6.42. The van der Waals surface area contributed by atoms with Crippen LogP contribution >= 0.6 is 0 Å². The zero-order chi connectivity index (χ0) is 13.0. The molecule has 1 N–H and O–H groups in total. The Bertz CT molecular complexity index is 324. The number of carbonyl (C=O) groups is 1. The lowest BCUT2D eigenvalue weighted by atomic mass is 9.84. The molecule has 0 radical (unpaired) electrons. The predicted molar refractivity (Wildman–Crippen MR) is 70.7 cm³/mol. The number of ketones is 1. The summed E-state index contributed by atoms with van der Waals surface area (Å²) in [5.41, 5.74) is 2.44. The van der Waals surface area contributed by atoms with Gasteiger partial charge in [-0.1, -0.05) is 30.7 Å². The second-order valence-corrected chi connectivity index (χ2v) is 5.39. The van der Waals surface area contributed by atoms with Crippen LogP contribution in [0, 0.1) is 17.8 Å². The second kappa shape index (κ2) is 6.15. The molecule has 0 heterocycles. The molecule has 1 fully saturated rings. The standard InChI is InChI=1S/C15H24O2/c1-10(2)6-5-7-11(3)13-8-15(17)12(4)14(13)9-16/h6,12-14,16H,3,5,7-9H2,1-2,4H3/t12-,13+,14-/m0/s1. The fraction of sp³-hybridized carbons (Fsp3) is 0.667. The van der Waals surface area contributed by atoms with Gasteiger partial charge in [0.05, 0.1) is 0 Å². The molecule has 0 aromatic carbocycles. The van der Waals surface area contributed by atoms with E-state index in [1.165, 1.54) is 5.57 Å². The first-order chi connectivity index (χ1) is 7.97. The minimum Gasteiger partial charge on any atom is -0.396 e. The Hall–Kier alpha value is -0.890. The minimum absolute atomic E-state index is 0.00907. The van der Waals surface area contributed by atoms with Gasteiger partial charge in [0.2, 0.25) is 0 Å². The lowest BCUT2D eigenvalue weighted by Gasteiger charge is -2.21. The van der Waals surface area contributed by atoms with Crippen molar-refractivity contribution in [1.82, 2.24) is 0 Å². The van der Waals surface area contributed by atoms with Crippen molar-refractivity contribution < 1.29 is 9.90 Å². The molecule has 1 aliphatic rings. The highest BCUT2D eigenvalue weighted by Crippen LogP contribution is 2.39. The molecule has 0 amide bonds. The molecule has 0 unspecified atom stereocenters. The normalized spacial score (nSPS) is 28.2. The number of carbonyl (C=O) groups excluding carboxylic acids is 1. The van der Waals surface area contributed by atoms with Crippen LogP contribution in [0.15, 0.2) is 23.8 Å². The van der Waals surface area contributed by atoms with Gasteiger partial charge in [-0.2, -0.15) is 0 Å². The highest BCUT2D eigenvalue weighted by Gasteiger charge is 2.39. The zero-order valence-electron chi connectivity index (χ0n) is 11.2. The molecule has 96 valence electrons. The van der Waals surface area contributed by atoms with Crippen LogP contribution in [0.3, 0.4) is 0 Å². The Morgan fingerprint density at radius 1 is 1.53 bits per heavy atom. The van der Waals surface area contributed by atoms with Gasteiger partial charge in [-0.25, -0.2) is 0 Å². The van der Waals surface area contributed by atoms with E-state index in [1.54, 1.807) is 0 Å². The lowest BCUT2D eigenvalue weighted by molar-refractivity contribution is -0.121. The fourth-order valence-electron chi connectivity index (χ4n) is 2.61. The largest absolute Gasteiger partial charge is 0.396 e. The maximum atomic E-state index is 11.7. The van der Waals surface area contributed by atoms with Gasteiger partial charge < -0.3 is 5.11 Å². The summed E-state index contributed by atoms with van der Waals surface area (Å²) in [5.74, 6) is 0.539. The summed E-state index contributed by atoms with van der Waals surface area (Å²) in [7, 11) is 0. The summed E-state index contributed by atoms with van der Waals surface area (Å²) in [6, 6.07) is 0. The van der Waals surface area contributed by atoms with E-state index in [-0.39, 0.29) is 30.1 Å². The van der Waals surface area contributed by atoms with Crippen molar-refractivity contribution in [2.45, 2.75) is 40.0 Å². The third-order valence-corrected chi connectivity index (χ3v) is 3.84. The predicted octanol–water partition coefficient (Wildman–Crippen LogP) is 3.12. The smallest absolute Gasteiger partial charge is 0.136 e. The van der Waals surface area contributed by atoms with Crippen LogP contribution in [0.2, 0.25) is 0 Å². The van der Waals surface area contributed by atoms with Gasteiger partial charge in [0.15, 0.2) is 0 Å². The Morgan fingerprint density at radius 3 is 2.71 bits per heavy atom. The number of Topliss-reactive ketones (excluding diaryl/α,β-unsaturated/α-hetero) is 1. The fourth-order valence-corrected chi connectivity index (χ4v) is 2.61. The van der Waals surface area contributed by atoms with Gasteiger partial charge in [-0.05, 0) is 38.5 Å². The molecule has 2 nitrogen and oxygen atoms in total. The summed E-state index contributed by atoms with van der Waals surface area (Å²) in [6.07, 6.45) is 4.67. The van der Waals surface area contributed by atoms with Crippen molar-refractivity contribution in [3.05, 3.63) is 23.8 Å². The summed E-state index contributed by atoms with van der Waals surface area (Å²) in [4.78, 5) is 11.7. The van der Waals surface area contributed by atoms with Gasteiger partial charge in [-0.3, -0.25) is 4.79 Å². The van der Waals surface area contributed by atoms with Gasteiger partial charge in [0, 0.05) is 18.9 Å². The van der Waals surface area contributed by atoms with Crippen molar-refractivity contribution in [3.63, 3.8) is 0 Å². The van der Waals surface area contributed by atoms with Crippen molar-refractivity contribution in [2.24, 2.45) is 17.8 Å². The average Bonchev–Trinajstić information content (AvgIpc) is 2.54. The Labute approximate surface area is 104 Å². The Morgan fingerprint density at radius 2 is 2.18 bits per heavy atom. The van der Waals surface area contributed by atoms with E-state index in [2.05, 4.69) is 26.5 Å². The molecule has 3 atom stereocenters. The third-order valence-electron chi connectivity index (χ3n) is 3.84. The van der Waals surface area contributed by atoms with Gasteiger partial charge in [-0.15, -0.1) is 0 Å². The number of rotatable bonds is 5. The van der Waals surface area contributed by atoms with Crippen LogP contribution in [0.25, 0.3) is 0 Å². The topological polar surface area (TPSA) is 37.3 Å². The van der Waals surface area contributed by atoms with Crippen LogP contribution in [-0.4, -0.2) is 17.5 Å². The maximum Gasteiger partial charge on any atom is 0.136 e. The van der Waals surface area contributed by atoms with E-state index < -0.39 is 0 Å². The van der Waals surface area contributed by atoms with E-state index in [9.17, 15) is 9.90 Å². The van der Waals surface area contributed by atoms with Crippen LogP contribution in [0.5, 0.6) is 0 Å². The van der Waals surface area contributed by atoms with Crippen LogP contribution in [-0.2, 0) is 4.79 Å². The Balaban J connectivity index is 2.57. The molecule has 0 bridgehead atoms. The first-order valence-electron chi connectivity index (χ1n) is 6.42. The highest BCUT2D eigenvalue weighted by molar-refractivity contribution is 5.84. The van der Waals surface area contributed by atoms with E-state index in [0.29, 0.717) is 6.42 Å². The molecular formula is C15H24O2. The molecule has 0 aromatic rings. The van der Waals surface area contributed by atoms with Crippen LogP contribution < -0.4 is 0 Å². The quantitative estimate of drug-likeness (QED) is 0.745. The number of aliphatic hydroxyl groups excluding tert-OH is 1. The summed E-state index contributed by atoms with van der Waals surface area (Å²) >= 11 is 0. The van der Waals surface area contributed by atoms with E-state index in [4.69, 9.17) is 0 Å². The maximum absolute atomic E-state index is 11.7. The summed E-state index contributed by atoms with van der Waals surface area (Å²) in [6.45, 7) is 10.3. The van der Waals surface area contributed by atoms with E-state index in [0.717, 1.165) is 18.4 Å². The molecule has 0 spiro atoms. The van der Waals surface area contributed by atoms with E-state index in [1.807, 2.05) is 6.92 Å². The molecule has 1 rings (SSSR count). The molecular weight excluding hydrogens is 212 g/mol. The number of hydrogen-bond donors (Lipinski definition) is 1. The SMILES string of the molecule is C=C(CCC=C(C)C)[C@H]1CC(=O)[C@@H](C)[C@@H]1CO. The lowest BCUT2D eigenvalue weighted by Crippen LogP contribution is -2.19. The molecule has 2 heteroatoms. The van der Waals surface area contributed by atoms with Crippen molar-refractivity contribution in [2.75, 3.05) is 6.61 Å². The van der Waals surface area contributed by atoms with Gasteiger partial charge in [0.1, 0.15) is 5.78 Å². The summed E-state index contributed by atoms with van der Waals surface area (Å²) in [5, 5.41) is 9.38. The minimum atomic E-state index is -0.00907. The molecule has 0 saturated heterocycles. The molecule has 1 saturated carbocycles. The second-order valence-electron chi connectivity index (χ2n) is 5.39. The summed E-state index contributed by atoms with van der Waals surface area (Å²) < 4.78 is 0. The van der Waals surface area contributed by atoms with E-state index >= 15 is 0 Å². The van der Waals surface area contributed by atoms with Crippen molar-refractivity contribution >= 4 is 5.78 Å². The molecule has 17 heavy (non-hydrogen) atoms. The average molecular weight is 236 g/mol. The van der Waals surface area contributed by atoms with Gasteiger partial charge in [0.25, 0.3) is 0 Å². The third kappa shape index (κ3) is 3.53. The number of hydrogen-bond acceptors (Lipinski definition) is 2. The van der Waals surface area contributed by atoms with Gasteiger partial charge >= 0.3 is 0 Å².